The molecule has 1 unspecified atom stereocenters. The third-order valence-electron chi connectivity index (χ3n) is 1.30. The van der Waals surface area contributed by atoms with Gasteiger partial charge in [-0.05, 0) is 14.0 Å². The van der Waals surface area contributed by atoms with Gasteiger partial charge < -0.3 is 5.32 Å². The van der Waals surface area contributed by atoms with Crippen molar-refractivity contribution >= 4 is 0 Å². The van der Waals surface area contributed by atoms with Gasteiger partial charge in [0.25, 0.3) is 0 Å². The third kappa shape index (κ3) is 7.82. The first kappa shape index (κ1) is 13.5. The Morgan fingerprint density at radius 3 is 1.73 bits per heavy atom. The zero-order chi connectivity index (χ0) is 9.28. The molecule has 1 heterocycles. The second-order valence-corrected chi connectivity index (χ2v) is 2.30. The molecular formula is C9H24N2. The molecule has 0 amide bonds. The van der Waals surface area contributed by atoms with Crippen molar-refractivity contribution in [3.8, 4) is 0 Å². The van der Waals surface area contributed by atoms with Crippen LogP contribution in [0, 0.1) is 0 Å². The molecule has 0 aromatic heterocycles. The number of nitrogens with zero attached hydrogens (tertiary/aromatic N) is 1. The van der Waals surface area contributed by atoms with Crippen molar-refractivity contribution in [2.24, 2.45) is 0 Å². The van der Waals surface area contributed by atoms with Gasteiger partial charge in [0, 0.05) is 19.3 Å². The summed E-state index contributed by atoms with van der Waals surface area (Å²) >= 11 is 0. The summed E-state index contributed by atoms with van der Waals surface area (Å²) in [5, 5.41) is 3.30. The number of hydrogen-bond donors (Lipinski definition) is 1. The van der Waals surface area contributed by atoms with Crippen LogP contribution in [0.3, 0.4) is 0 Å². The molecule has 70 valence electrons. The average molecular weight is 160 g/mol. The summed E-state index contributed by atoms with van der Waals surface area (Å²) in [7, 11) is 2.12. The molecule has 1 N–H and O–H groups in total. The fourth-order valence-electron chi connectivity index (χ4n) is 0.908. The second-order valence-electron chi connectivity index (χ2n) is 2.30. The number of likely N-dealkylation sites (N-methyl/N-ethyl adjacent to an activating group) is 1. The van der Waals surface area contributed by atoms with E-state index in [2.05, 4.69) is 24.2 Å². The molecule has 0 aromatic rings. The van der Waals surface area contributed by atoms with Crippen LogP contribution in [0.1, 0.15) is 34.6 Å². The Labute approximate surface area is 72.0 Å². The molecule has 0 bridgehead atoms. The minimum absolute atomic E-state index is 0.699. The van der Waals surface area contributed by atoms with E-state index >= 15 is 0 Å². The maximum atomic E-state index is 3.30. The predicted octanol–water partition coefficient (Wildman–Crippen LogP) is 1.92. The van der Waals surface area contributed by atoms with Crippen LogP contribution < -0.4 is 5.32 Å². The van der Waals surface area contributed by atoms with E-state index in [9.17, 15) is 0 Å². The van der Waals surface area contributed by atoms with Crippen molar-refractivity contribution in [3.63, 3.8) is 0 Å². The van der Waals surface area contributed by atoms with Crippen LogP contribution in [-0.4, -0.2) is 31.2 Å². The largest absolute Gasteiger partial charge is 0.301 e. The lowest BCUT2D eigenvalue weighted by Gasteiger charge is -2.01. The van der Waals surface area contributed by atoms with Gasteiger partial charge in [0.1, 0.15) is 0 Å². The van der Waals surface area contributed by atoms with E-state index in [1.54, 1.807) is 0 Å². The smallest absolute Gasteiger partial charge is 0.0480 e. The number of nitrogens with one attached hydrogen (secondary N) is 1. The molecule has 1 aliphatic heterocycles. The summed E-state index contributed by atoms with van der Waals surface area (Å²) in [4.78, 5) is 2.27. The van der Waals surface area contributed by atoms with Crippen LogP contribution in [0.2, 0.25) is 0 Å². The number of hydrogen-bond acceptors (Lipinski definition) is 2. The lowest BCUT2D eigenvalue weighted by atomic mass is 10.4. The molecular weight excluding hydrogens is 136 g/mol. The van der Waals surface area contributed by atoms with Crippen molar-refractivity contribution in [1.29, 1.82) is 0 Å². The lowest BCUT2D eigenvalue weighted by Crippen LogP contribution is -2.18. The Morgan fingerprint density at radius 2 is 1.64 bits per heavy atom. The van der Waals surface area contributed by atoms with E-state index in [4.69, 9.17) is 0 Å². The molecule has 2 nitrogen and oxygen atoms in total. The average Bonchev–Trinajstić information content (AvgIpc) is 2.43. The summed E-state index contributed by atoms with van der Waals surface area (Å²) < 4.78 is 0. The van der Waals surface area contributed by atoms with E-state index in [0.29, 0.717) is 6.04 Å². The van der Waals surface area contributed by atoms with Crippen molar-refractivity contribution in [1.82, 2.24) is 10.2 Å². The Hall–Kier alpha value is -0.0800. The van der Waals surface area contributed by atoms with Crippen molar-refractivity contribution in [3.05, 3.63) is 0 Å². The highest BCUT2D eigenvalue weighted by Crippen LogP contribution is 1.93. The van der Waals surface area contributed by atoms with E-state index in [0.717, 1.165) is 6.67 Å². The summed E-state index contributed by atoms with van der Waals surface area (Å²) in [6, 6.07) is 0.699. The highest BCUT2D eigenvalue weighted by Gasteiger charge is 2.11. The Kier molecular flexibility index (Phi) is 12.2. The molecule has 0 aliphatic carbocycles. The third-order valence-corrected chi connectivity index (χ3v) is 1.30. The quantitative estimate of drug-likeness (QED) is 0.582. The van der Waals surface area contributed by atoms with E-state index in [-0.39, 0.29) is 0 Å². The molecule has 11 heavy (non-hydrogen) atoms. The van der Waals surface area contributed by atoms with Gasteiger partial charge in [0.2, 0.25) is 0 Å². The molecule has 1 rings (SSSR count). The van der Waals surface area contributed by atoms with Gasteiger partial charge >= 0.3 is 0 Å². The molecule has 1 saturated heterocycles. The van der Waals surface area contributed by atoms with E-state index < -0.39 is 0 Å². The fourth-order valence-corrected chi connectivity index (χ4v) is 0.908. The van der Waals surface area contributed by atoms with Crippen LogP contribution in [0.25, 0.3) is 0 Å². The molecule has 0 radical (unpaired) electrons. The van der Waals surface area contributed by atoms with Crippen LogP contribution in [0.5, 0.6) is 0 Å². The van der Waals surface area contributed by atoms with Crippen molar-refractivity contribution in [2.75, 3.05) is 20.3 Å². The van der Waals surface area contributed by atoms with Crippen molar-refractivity contribution in [2.45, 2.75) is 40.7 Å². The van der Waals surface area contributed by atoms with Crippen LogP contribution in [-0.2, 0) is 0 Å². The monoisotopic (exact) mass is 160 g/mol. The van der Waals surface area contributed by atoms with Crippen LogP contribution >= 0.6 is 0 Å². The summed E-state index contributed by atoms with van der Waals surface area (Å²) in [5.41, 5.74) is 0. The second kappa shape index (κ2) is 9.92. The van der Waals surface area contributed by atoms with Gasteiger partial charge in [-0.25, -0.2) is 0 Å². The van der Waals surface area contributed by atoms with Gasteiger partial charge in [-0.3, -0.25) is 4.90 Å². The normalized spacial score (nSPS) is 22.9. The minimum Gasteiger partial charge on any atom is -0.301 e. The van der Waals surface area contributed by atoms with Gasteiger partial charge in [0.05, 0.1) is 0 Å². The Balaban J connectivity index is 0. The SMILES string of the molecule is CC.CC.CC1CN(C)CN1. The molecule has 0 aromatic carbocycles. The zero-order valence-electron chi connectivity index (χ0n) is 8.94. The summed E-state index contributed by atoms with van der Waals surface area (Å²) in [6.07, 6.45) is 0. The first-order valence-corrected chi connectivity index (χ1v) is 4.71. The first-order chi connectivity index (χ1) is 5.29. The maximum absolute atomic E-state index is 3.30. The molecule has 1 atom stereocenters. The fraction of sp³-hybridized carbons (Fsp3) is 1.00. The molecule has 0 spiro atoms. The Morgan fingerprint density at radius 1 is 1.18 bits per heavy atom. The van der Waals surface area contributed by atoms with Gasteiger partial charge in [0.15, 0.2) is 0 Å². The summed E-state index contributed by atoms with van der Waals surface area (Å²) in [5.74, 6) is 0. The number of rotatable bonds is 0. The lowest BCUT2D eigenvalue weighted by molar-refractivity contribution is 0.408. The van der Waals surface area contributed by atoms with Crippen LogP contribution in [0.15, 0.2) is 0 Å². The standard InChI is InChI=1S/C5H12N2.2C2H6/c1-5-3-7(2)4-6-5;2*1-2/h5-6H,3-4H2,1-2H3;2*1-2H3. The minimum atomic E-state index is 0.699. The zero-order valence-corrected chi connectivity index (χ0v) is 8.94. The maximum Gasteiger partial charge on any atom is 0.0480 e. The van der Waals surface area contributed by atoms with Crippen molar-refractivity contribution < 1.29 is 0 Å². The molecule has 1 aliphatic rings. The van der Waals surface area contributed by atoms with E-state index in [1.165, 1.54) is 6.54 Å². The predicted molar refractivity (Wildman–Crippen MR) is 52.8 cm³/mol. The highest BCUT2D eigenvalue weighted by atomic mass is 15.3. The van der Waals surface area contributed by atoms with Gasteiger partial charge in [-0.15, -0.1) is 0 Å². The topological polar surface area (TPSA) is 15.3 Å². The highest BCUT2D eigenvalue weighted by molar-refractivity contribution is 4.70. The molecule has 1 fully saturated rings. The molecule has 0 saturated carbocycles. The van der Waals surface area contributed by atoms with E-state index in [1.807, 2.05) is 27.7 Å². The van der Waals surface area contributed by atoms with Crippen LogP contribution in [0.4, 0.5) is 0 Å². The summed E-state index contributed by atoms with van der Waals surface area (Å²) in [6.45, 7) is 12.4. The Bertz CT molecular complexity index is 56.6. The molecule has 2 heteroatoms. The van der Waals surface area contributed by atoms with Gasteiger partial charge in [-0.1, -0.05) is 27.7 Å². The first-order valence-electron chi connectivity index (χ1n) is 4.71. The van der Waals surface area contributed by atoms with Gasteiger partial charge in [-0.2, -0.15) is 0 Å².